The molecule has 2 aromatic heterocycles. The number of aromatic nitrogens is 3. The molecule has 2 fully saturated rings. The molecule has 1 aliphatic heterocycles. The zero-order chi connectivity index (χ0) is 13.7. The molecule has 0 aromatic carbocycles. The topological polar surface area (TPSA) is 34.0 Å². The molecular weight excluding hydrogens is 316 g/mol. The van der Waals surface area contributed by atoms with Gasteiger partial charge in [-0.2, -0.15) is 5.10 Å². The van der Waals surface area contributed by atoms with Crippen LogP contribution in [0.2, 0.25) is 0 Å². The van der Waals surface area contributed by atoms with E-state index in [4.69, 9.17) is 4.98 Å². The first-order valence-electron chi connectivity index (χ1n) is 7.09. The Morgan fingerprint density at radius 2 is 2.15 bits per heavy atom. The van der Waals surface area contributed by atoms with E-state index in [1.165, 1.54) is 25.1 Å². The predicted molar refractivity (Wildman–Crippen MR) is 81.8 cm³/mol. The highest BCUT2D eigenvalue weighted by atomic mass is 79.9. The summed E-state index contributed by atoms with van der Waals surface area (Å²) in [7, 11) is 0. The summed E-state index contributed by atoms with van der Waals surface area (Å²) in [6, 6.07) is 4.14. The van der Waals surface area contributed by atoms with E-state index in [0.29, 0.717) is 0 Å². The third-order valence-electron chi connectivity index (χ3n) is 4.42. The number of fused-ring (bicyclic) bond motifs is 1. The van der Waals surface area contributed by atoms with E-state index in [0.717, 1.165) is 34.4 Å². The van der Waals surface area contributed by atoms with Gasteiger partial charge >= 0.3 is 0 Å². The third kappa shape index (κ3) is 2.14. The molecule has 0 spiro atoms. The molecule has 104 valence electrons. The van der Waals surface area contributed by atoms with E-state index in [1.54, 1.807) is 0 Å². The molecule has 1 saturated carbocycles. The van der Waals surface area contributed by atoms with E-state index < -0.39 is 0 Å². The van der Waals surface area contributed by atoms with Gasteiger partial charge in [-0.15, -0.1) is 0 Å². The Kier molecular flexibility index (Phi) is 2.84. The van der Waals surface area contributed by atoms with Crippen molar-refractivity contribution < 1.29 is 0 Å². The lowest BCUT2D eigenvalue weighted by atomic mass is 10.2. The summed E-state index contributed by atoms with van der Waals surface area (Å²) >= 11 is 3.70. The molecule has 0 amide bonds. The summed E-state index contributed by atoms with van der Waals surface area (Å²) in [5, 5.41) is 4.26. The van der Waals surface area contributed by atoms with Crippen LogP contribution in [0.5, 0.6) is 0 Å². The Labute approximate surface area is 126 Å². The van der Waals surface area contributed by atoms with Gasteiger partial charge in [-0.25, -0.2) is 4.98 Å². The highest BCUT2D eigenvalue weighted by Crippen LogP contribution is 2.47. The fourth-order valence-corrected chi connectivity index (χ4v) is 3.74. The molecule has 4 rings (SSSR count). The molecule has 0 radical (unpaired) electrons. The van der Waals surface area contributed by atoms with E-state index in [9.17, 15) is 0 Å². The average Bonchev–Trinajstić information content (AvgIpc) is 2.86. The van der Waals surface area contributed by atoms with E-state index in [2.05, 4.69) is 38.9 Å². The summed E-state index contributed by atoms with van der Waals surface area (Å²) in [5.74, 6) is 2.96. The number of halogens is 1. The van der Waals surface area contributed by atoms with Crippen LogP contribution >= 0.6 is 15.9 Å². The van der Waals surface area contributed by atoms with Crippen molar-refractivity contribution in [1.82, 2.24) is 14.8 Å². The van der Waals surface area contributed by atoms with E-state index in [1.807, 2.05) is 23.1 Å². The van der Waals surface area contributed by atoms with Crippen LogP contribution in [0.1, 0.15) is 17.7 Å². The highest BCUT2D eigenvalue weighted by molar-refractivity contribution is 9.10. The molecule has 20 heavy (non-hydrogen) atoms. The number of aryl methyl sites for hydroxylation is 1. The maximum Gasteiger partial charge on any atom is 0.143 e. The Morgan fingerprint density at radius 3 is 2.85 bits per heavy atom. The molecule has 1 saturated heterocycles. The first kappa shape index (κ1) is 12.4. The van der Waals surface area contributed by atoms with E-state index >= 15 is 0 Å². The molecule has 0 N–H and O–H groups in total. The molecule has 4 nitrogen and oxygen atoms in total. The van der Waals surface area contributed by atoms with Gasteiger partial charge in [0.2, 0.25) is 0 Å². The zero-order valence-corrected chi connectivity index (χ0v) is 13.0. The number of anilines is 1. The summed E-state index contributed by atoms with van der Waals surface area (Å²) in [6.07, 6.45) is 5.21. The van der Waals surface area contributed by atoms with Gasteiger partial charge in [0.1, 0.15) is 5.82 Å². The van der Waals surface area contributed by atoms with Gasteiger partial charge in [0.25, 0.3) is 0 Å². The number of rotatable bonds is 3. The normalized spacial score (nSPS) is 24.0. The minimum atomic E-state index is 0.774. The van der Waals surface area contributed by atoms with Crippen molar-refractivity contribution in [3.8, 4) is 0 Å². The molecule has 5 heteroatoms. The average molecular weight is 333 g/mol. The first-order chi connectivity index (χ1) is 9.70. The smallest absolute Gasteiger partial charge is 0.143 e. The maximum absolute atomic E-state index is 4.83. The quantitative estimate of drug-likeness (QED) is 0.866. The largest absolute Gasteiger partial charge is 0.355 e. The molecule has 3 heterocycles. The summed E-state index contributed by atoms with van der Waals surface area (Å²) in [6.45, 7) is 5.21. The van der Waals surface area contributed by atoms with Crippen LogP contribution in [0.15, 0.2) is 29.0 Å². The van der Waals surface area contributed by atoms with Crippen LogP contribution in [0.25, 0.3) is 0 Å². The summed E-state index contributed by atoms with van der Waals surface area (Å²) in [5.41, 5.74) is 2.31. The van der Waals surface area contributed by atoms with Crippen molar-refractivity contribution in [2.24, 2.45) is 11.8 Å². The van der Waals surface area contributed by atoms with Gasteiger partial charge < -0.3 is 4.90 Å². The van der Waals surface area contributed by atoms with Gasteiger partial charge in [0, 0.05) is 31.2 Å². The predicted octanol–water partition coefficient (Wildman–Crippen LogP) is 2.85. The number of hydrogen-bond donors (Lipinski definition) is 0. The van der Waals surface area contributed by atoms with Crippen LogP contribution in [-0.2, 0) is 6.54 Å². The highest BCUT2D eigenvalue weighted by Gasteiger charge is 2.45. The summed E-state index contributed by atoms with van der Waals surface area (Å²) in [4.78, 5) is 7.25. The standard InChI is InChI=1S/C15H17BrN4/c1-10-11(9-20-4-2-3-17-20)6-14(16)15(18-10)19-7-12-5-13(12)8-19/h2-4,6,12-13H,5,7-9H2,1H3. The van der Waals surface area contributed by atoms with E-state index in [-0.39, 0.29) is 0 Å². The second kappa shape index (κ2) is 4.58. The van der Waals surface area contributed by atoms with Crippen LogP contribution in [-0.4, -0.2) is 27.9 Å². The Bertz CT molecular complexity index is 628. The SMILES string of the molecule is Cc1nc(N2CC3CC3C2)c(Br)cc1Cn1cccn1. The molecule has 2 aromatic rings. The second-order valence-corrected chi connectivity index (χ2v) is 6.76. The van der Waals surface area contributed by atoms with Gasteiger partial charge in [-0.1, -0.05) is 0 Å². The fourth-order valence-electron chi connectivity index (χ4n) is 3.13. The maximum atomic E-state index is 4.83. The number of nitrogens with zero attached hydrogens (tertiary/aromatic N) is 4. The van der Waals surface area contributed by atoms with Crippen molar-refractivity contribution in [1.29, 1.82) is 0 Å². The lowest BCUT2D eigenvalue weighted by Gasteiger charge is -2.22. The number of hydrogen-bond acceptors (Lipinski definition) is 3. The number of piperidine rings is 1. The monoisotopic (exact) mass is 332 g/mol. The lowest BCUT2D eigenvalue weighted by molar-refractivity contribution is 0.679. The minimum absolute atomic E-state index is 0.774. The van der Waals surface area contributed by atoms with Crippen LogP contribution in [0, 0.1) is 18.8 Å². The Morgan fingerprint density at radius 1 is 1.35 bits per heavy atom. The minimum Gasteiger partial charge on any atom is -0.355 e. The van der Waals surface area contributed by atoms with Gasteiger partial charge in [-0.3, -0.25) is 4.68 Å². The molecule has 2 aliphatic rings. The van der Waals surface area contributed by atoms with Crippen LogP contribution < -0.4 is 4.90 Å². The van der Waals surface area contributed by atoms with Gasteiger partial charge in [0.15, 0.2) is 0 Å². The van der Waals surface area contributed by atoms with Gasteiger partial charge in [0.05, 0.1) is 11.0 Å². The molecule has 2 atom stereocenters. The molecule has 0 bridgehead atoms. The lowest BCUT2D eigenvalue weighted by Crippen LogP contribution is -2.24. The van der Waals surface area contributed by atoms with Crippen molar-refractivity contribution in [2.45, 2.75) is 19.9 Å². The fraction of sp³-hybridized carbons (Fsp3) is 0.467. The molecule has 1 aliphatic carbocycles. The molecule has 2 unspecified atom stereocenters. The van der Waals surface area contributed by atoms with Gasteiger partial charge in [-0.05, 0) is 58.8 Å². The Balaban J connectivity index is 1.61. The first-order valence-corrected chi connectivity index (χ1v) is 7.88. The zero-order valence-electron chi connectivity index (χ0n) is 11.5. The van der Waals surface area contributed by atoms with Crippen molar-refractivity contribution in [2.75, 3.05) is 18.0 Å². The third-order valence-corrected chi connectivity index (χ3v) is 5.01. The second-order valence-electron chi connectivity index (χ2n) is 5.90. The van der Waals surface area contributed by atoms with Crippen molar-refractivity contribution in [3.05, 3.63) is 40.3 Å². The van der Waals surface area contributed by atoms with Crippen LogP contribution in [0.4, 0.5) is 5.82 Å². The van der Waals surface area contributed by atoms with Crippen molar-refractivity contribution in [3.63, 3.8) is 0 Å². The van der Waals surface area contributed by atoms with Crippen molar-refractivity contribution >= 4 is 21.7 Å². The number of pyridine rings is 1. The van der Waals surface area contributed by atoms with Crippen LogP contribution in [0.3, 0.4) is 0 Å². The summed E-state index contributed by atoms with van der Waals surface area (Å²) < 4.78 is 3.04. The molecular formula is C15H17BrN4. The Hall–Kier alpha value is -1.36.